The Morgan fingerprint density at radius 1 is 0.324 bits per heavy atom. The molecule has 0 saturated heterocycles. The summed E-state index contributed by atoms with van der Waals surface area (Å²) in [4.78, 5) is 18.6. The number of rotatable bonds is 42. The maximum atomic E-state index is 9.29. The Labute approximate surface area is 511 Å². The molecule has 0 aromatic heterocycles. The first kappa shape index (κ1) is 80.9. The maximum Gasteiger partial charge on any atom is 2.00 e. The molecule has 0 aliphatic heterocycles. The van der Waals surface area contributed by atoms with Crippen molar-refractivity contribution >= 4 is 29.7 Å². The summed E-state index contributed by atoms with van der Waals surface area (Å²) >= 11 is 7.28. The van der Waals surface area contributed by atoms with Gasteiger partial charge in [-0.25, -0.2) is 0 Å². The van der Waals surface area contributed by atoms with Crippen LogP contribution in [-0.2, 0) is 121 Å². The number of aryl methyl sites for hydroxylation is 6. The molecule has 2 nitrogen and oxygen atoms in total. The van der Waals surface area contributed by atoms with Gasteiger partial charge in [-0.05, 0) is 0 Å². The van der Waals surface area contributed by atoms with E-state index in [1.165, 1.54) is 286 Å². The molecule has 8 heteroatoms. The Hall–Kier alpha value is 0.450. The topological polar surface area (TPSA) is 46.1 Å². The van der Waals surface area contributed by atoms with Crippen LogP contribution in [0, 0.1) is 18.2 Å². The minimum Gasteiger partial charge on any atom is -0.850 e. The predicted molar refractivity (Wildman–Crippen MR) is 320 cm³/mol. The van der Waals surface area contributed by atoms with E-state index in [-0.39, 0.29) is 58.4 Å². The fourth-order valence-corrected chi connectivity index (χ4v) is 9.45. The molecular formula is C66H111O2PS2Zn3. The molecule has 0 aliphatic rings. The van der Waals surface area contributed by atoms with Crippen LogP contribution in [0.2, 0.25) is 0 Å². The minimum atomic E-state index is -3.72. The van der Waals surface area contributed by atoms with E-state index in [0.29, 0.717) is 0 Å². The van der Waals surface area contributed by atoms with Gasteiger partial charge in [-0.15, -0.1) is 0 Å². The molecule has 0 bridgehead atoms. The third-order valence-electron chi connectivity index (χ3n) is 13.9. The van der Waals surface area contributed by atoms with Crippen LogP contribution in [0.3, 0.4) is 0 Å². The molecule has 0 amide bonds. The van der Waals surface area contributed by atoms with Crippen molar-refractivity contribution in [2.45, 2.75) is 311 Å². The van der Waals surface area contributed by atoms with Crippen molar-refractivity contribution in [3.05, 3.63) is 106 Å². The average Bonchev–Trinajstić information content (AvgIpc) is 3.36. The van der Waals surface area contributed by atoms with Gasteiger partial charge in [0, 0.05) is 0 Å². The van der Waals surface area contributed by atoms with Gasteiger partial charge < -0.3 is 27.7 Å². The van der Waals surface area contributed by atoms with E-state index >= 15 is 0 Å². The van der Waals surface area contributed by atoms with Crippen molar-refractivity contribution in [1.82, 2.24) is 0 Å². The molecule has 74 heavy (non-hydrogen) atoms. The van der Waals surface area contributed by atoms with Gasteiger partial charge in [0.2, 0.25) is 0 Å². The first-order chi connectivity index (χ1) is 34.6. The zero-order valence-electron chi connectivity index (χ0n) is 49.6. The van der Waals surface area contributed by atoms with E-state index in [4.69, 9.17) is 0 Å². The molecule has 0 heterocycles. The number of benzene rings is 3. The second-order valence-electron chi connectivity index (χ2n) is 20.6. The van der Waals surface area contributed by atoms with Crippen molar-refractivity contribution in [2.24, 2.45) is 0 Å². The summed E-state index contributed by atoms with van der Waals surface area (Å²) in [6.45, 7) is 13.7. The monoisotopic (exact) mass is 1220 g/mol. The van der Waals surface area contributed by atoms with Gasteiger partial charge in [-0.2, -0.15) is 118 Å². The van der Waals surface area contributed by atoms with Crippen LogP contribution in [0.4, 0.5) is 0 Å². The second-order valence-corrected chi connectivity index (χ2v) is 25.0. The third-order valence-corrected chi connectivity index (χ3v) is 13.9. The summed E-state index contributed by atoms with van der Waals surface area (Å²) in [6.07, 6.45) is 57.4. The molecule has 0 spiro atoms. The van der Waals surface area contributed by atoms with Gasteiger partial charge in [0.1, 0.15) is 0 Å². The SMILES string of the molecule is CCCCCCCCc1[c-]cccc1CCCCCCCC.CCCCCCCCc1[c-]cccc1CCCCCCCC.CCCCCCCCc1[c-]cccc1CCCCCCCC.[O-]P([O-])(=S)[S-].[Zn+2].[Zn+2].[Zn+2]. The predicted octanol–water partition coefficient (Wildman–Crippen LogP) is 20.3. The largest absolute Gasteiger partial charge is 2.00 e. The summed E-state index contributed by atoms with van der Waals surface area (Å²) in [5.74, 6) is 0. The Bertz CT molecular complexity index is 1320. The van der Waals surface area contributed by atoms with Gasteiger partial charge in [-0.1, -0.05) is 311 Å². The fourth-order valence-electron chi connectivity index (χ4n) is 9.45. The Morgan fingerprint density at radius 3 is 0.676 bits per heavy atom. The van der Waals surface area contributed by atoms with Crippen LogP contribution < -0.4 is 9.79 Å². The molecule has 3 aromatic carbocycles. The molecule has 3 rings (SSSR count). The van der Waals surface area contributed by atoms with Crippen LogP contribution in [0.25, 0.3) is 0 Å². The summed E-state index contributed by atoms with van der Waals surface area (Å²) in [5, 5.41) is 0. The van der Waals surface area contributed by atoms with Gasteiger partial charge in [-0.3, -0.25) is 0 Å². The van der Waals surface area contributed by atoms with E-state index in [1.807, 2.05) is 0 Å². The van der Waals surface area contributed by atoms with Crippen molar-refractivity contribution in [2.75, 3.05) is 0 Å². The van der Waals surface area contributed by atoms with Crippen LogP contribution in [0.1, 0.15) is 306 Å². The molecule has 0 radical (unpaired) electrons. The molecule has 3 aromatic rings. The second kappa shape index (κ2) is 62.6. The number of unbranched alkanes of at least 4 members (excludes halogenated alkanes) is 30. The fraction of sp³-hybridized carbons (Fsp3) is 0.727. The average molecular weight is 1230 g/mol. The van der Waals surface area contributed by atoms with Crippen molar-refractivity contribution < 1.29 is 68.2 Å². The van der Waals surface area contributed by atoms with Gasteiger partial charge >= 0.3 is 58.4 Å². The Kier molecular flexibility index (Phi) is 68.5. The number of hydrogen-bond donors (Lipinski definition) is 0. The van der Waals surface area contributed by atoms with Crippen molar-refractivity contribution in [3.8, 4) is 0 Å². The molecule has 0 unspecified atom stereocenters. The summed E-state index contributed by atoms with van der Waals surface area (Å²) < 4.78 is 0. The van der Waals surface area contributed by atoms with Gasteiger partial charge in [0.05, 0.1) is 0 Å². The maximum absolute atomic E-state index is 9.29. The van der Waals surface area contributed by atoms with E-state index in [1.54, 1.807) is 16.7 Å². The summed E-state index contributed by atoms with van der Waals surface area (Å²) in [5.41, 5.74) is 5.44. The van der Waals surface area contributed by atoms with Crippen LogP contribution in [-0.4, -0.2) is 0 Å². The number of hydrogen-bond acceptors (Lipinski definition) is 4. The van der Waals surface area contributed by atoms with E-state index in [2.05, 4.69) is 138 Å². The molecule has 0 N–H and O–H groups in total. The molecule has 0 atom stereocenters. The Morgan fingerprint density at radius 2 is 0.486 bits per heavy atom. The van der Waals surface area contributed by atoms with E-state index < -0.39 is 5.69 Å². The zero-order chi connectivity index (χ0) is 52.1. The van der Waals surface area contributed by atoms with Gasteiger partial charge in [0.25, 0.3) is 0 Å². The first-order valence-corrected chi connectivity index (χ1v) is 34.0. The molecule has 0 fully saturated rings. The molecule has 0 aliphatic carbocycles. The smallest absolute Gasteiger partial charge is 0.850 e. The first-order valence-electron chi connectivity index (χ1n) is 30.3. The van der Waals surface area contributed by atoms with Crippen LogP contribution >= 0.6 is 5.69 Å². The molecule has 0 saturated carbocycles. The van der Waals surface area contributed by atoms with Crippen LogP contribution in [0.15, 0.2) is 54.6 Å². The molecule has 410 valence electrons. The standard InChI is InChI=1S/3C22H37.H3O2PS2.3Zn/c3*1-3-5-7-9-11-13-17-21-19-15-16-20-22(21)18-14-12-10-8-6-4-2;1-3(2,4)5;;;/h3*15-16,19H,3-14,17-18H2,1-2H3;(H3,1,2,4,5);;;/q3*-1;;3*+2/p-3. The summed E-state index contributed by atoms with van der Waals surface area (Å²) in [7, 11) is 0. The van der Waals surface area contributed by atoms with Crippen molar-refractivity contribution in [1.29, 1.82) is 0 Å². The minimum absolute atomic E-state index is 0. The Balaban J connectivity index is -0.000000465. The molecular weight excluding hydrogens is 1120 g/mol. The third kappa shape index (κ3) is 55.8. The van der Waals surface area contributed by atoms with Crippen LogP contribution in [0.5, 0.6) is 0 Å². The van der Waals surface area contributed by atoms with E-state index in [0.717, 1.165) is 0 Å². The van der Waals surface area contributed by atoms with Crippen molar-refractivity contribution in [3.63, 3.8) is 0 Å². The normalized spacial score (nSPS) is 10.6. The van der Waals surface area contributed by atoms with Gasteiger partial charge in [0.15, 0.2) is 0 Å². The quantitative estimate of drug-likeness (QED) is 0.0186. The van der Waals surface area contributed by atoms with E-state index in [9.17, 15) is 9.79 Å². The summed E-state index contributed by atoms with van der Waals surface area (Å²) in [6, 6.07) is 30.3. The zero-order valence-corrected chi connectivity index (χ0v) is 61.0.